The maximum atomic E-state index is 12.3. The van der Waals surface area contributed by atoms with E-state index in [2.05, 4.69) is 5.32 Å². The molecule has 0 aromatic rings. The van der Waals surface area contributed by atoms with Crippen molar-refractivity contribution in [2.24, 2.45) is 17.1 Å². The first-order chi connectivity index (χ1) is 9.94. The zero-order valence-corrected chi connectivity index (χ0v) is 13.4. The molecule has 0 spiro atoms. The lowest BCUT2D eigenvalue weighted by atomic mass is 9.83. The number of hydrogen-bond acceptors (Lipinski definition) is 3. The van der Waals surface area contributed by atoms with Crippen LogP contribution in [0.2, 0.25) is 0 Å². The predicted octanol–water partition coefficient (Wildman–Crippen LogP) is 1.27. The summed E-state index contributed by atoms with van der Waals surface area (Å²) in [6, 6.07) is 0.365. The van der Waals surface area contributed by atoms with Crippen molar-refractivity contribution in [1.82, 2.24) is 10.2 Å². The summed E-state index contributed by atoms with van der Waals surface area (Å²) in [5.74, 6) is 0.901. The van der Waals surface area contributed by atoms with Gasteiger partial charge in [-0.3, -0.25) is 9.59 Å². The van der Waals surface area contributed by atoms with Gasteiger partial charge in [0.25, 0.3) is 0 Å². The van der Waals surface area contributed by atoms with Crippen molar-refractivity contribution in [2.45, 2.75) is 57.9 Å². The highest BCUT2D eigenvalue weighted by Gasteiger charge is 2.41. The molecule has 1 saturated carbocycles. The minimum absolute atomic E-state index is 0.0408. The summed E-state index contributed by atoms with van der Waals surface area (Å²) in [5, 5.41) is 2.71. The van der Waals surface area contributed by atoms with Crippen molar-refractivity contribution in [2.75, 3.05) is 20.1 Å². The van der Waals surface area contributed by atoms with Crippen molar-refractivity contribution in [3.05, 3.63) is 0 Å². The van der Waals surface area contributed by atoms with Crippen LogP contribution in [0.4, 0.5) is 0 Å². The topological polar surface area (TPSA) is 75.4 Å². The van der Waals surface area contributed by atoms with E-state index in [4.69, 9.17) is 5.73 Å². The van der Waals surface area contributed by atoms with E-state index in [0.717, 1.165) is 38.5 Å². The van der Waals surface area contributed by atoms with Crippen LogP contribution >= 0.6 is 0 Å². The number of hydrogen-bond donors (Lipinski definition) is 2. The number of carbonyl (C=O) groups is 2. The smallest absolute Gasteiger partial charge is 0.227 e. The standard InChI is InChI=1S/C16H29N3O2/c1-16(15(21)18-2)9-10-19(11-16)14(20)8-5-12-3-6-13(17)7-4-12/h12-13H,3-11,17H2,1-2H3,(H,18,21). The van der Waals surface area contributed by atoms with Crippen LogP contribution in [-0.4, -0.2) is 42.9 Å². The van der Waals surface area contributed by atoms with Gasteiger partial charge < -0.3 is 16.0 Å². The maximum absolute atomic E-state index is 12.3. The van der Waals surface area contributed by atoms with E-state index < -0.39 is 5.41 Å². The maximum Gasteiger partial charge on any atom is 0.227 e. The van der Waals surface area contributed by atoms with E-state index in [-0.39, 0.29) is 11.8 Å². The fourth-order valence-corrected chi connectivity index (χ4v) is 3.62. The minimum Gasteiger partial charge on any atom is -0.359 e. The zero-order valence-electron chi connectivity index (χ0n) is 13.4. The Morgan fingerprint density at radius 3 is 2.57 bits per heavy atom. The molecular formula is C16H29N3O2. The summed E-state index contributed by atoms with van der Waals surface area (Å²) in [6.07, 6.45) is 6.85. The fourth-order valence-electron chi connectivity index (χ4n) is 3.62. The lowest BCUT2D eigenvalue weighted by molar-refractivity contribution is -0.132. The molecule has 5 heteroatoms. The summed E-state index contributed by atoms with van der Waals surface area (Å²) >= 11 is 0. The average Bonchev–Trinajstić information content (AvgIpc) is 2.89. The number of carbonyl (C=O) groups excluding carboxylic acids is 2. The Kier molecular flexibility index (Phi) is 5.25. The van der Waals surface area contributed by atoms with Crippen LogP contribution in [0.1, 0.15) is 51.9 Å². The van der Waals surface area contributed by atoms with Crippen LogP contribution < -0.4 is 11.1 Å². The second-order valence-electron chi connectivity index (χ2n) is 7.02. The molecule has 1 atom stereocenters. The van der Waals surface area contributed by atoms with Gasteiger partial charge in [0.1, 0.15) is 0 Å². The number of nitrogens with zero attached hydrogens (tertiary/aromatic N) is 1. The molecule has 0 aromatic heterocycles. The van der Waals surface area contributed by atoms with E-state index in [9.17, 15) is 9.59 Å². The van der Waals surface area contributed by atoms with Gasteiger partial charge >= 0.3 is 0 Å². The molecule has 5 nitrogen and oxygen atoms in total. The van der Waals surface area contributed by atoms with E-state index in [1.54, 1.807) is 7.05 Å². The van der Waals surface area contributed by atoms with Gasteiger partial charge in [-0.1, -0.05) is 0 Å². The highest BCUT2D eigenvalue weighted by atomic mass is 16.2. The lowest BCUT2D eigenvalue weighted by Gasteiger charge is -2.27. The Bertz CT molecular complexity index is 391. The molecule has 1 aliphatic carbocycles. The first-order valence-electron chi connectivity index (χ1n) is 8.20. The SMILES string of the molecule is CNC(=O)C1(C)CCN(C(=O)CCC2CCC(N)CC2)C1. The van der Waals surface area contributed by atoms with Gasteiger partial charge in [0.15, 0.2) is 0 Å². The van der Waals surface area contributed by atoms with Crippen LogP contribution in [0.5, 0.6) is 0 Å². The van der Waals surface area contributed by atoms with Gasteiger partial charge in [0.2, 0.25) is 11.8 Å². The Balaban J connectivity index is 1.76. The quantitative estimate of drug-likeness (QED) is 0.820. The van der Waals surface area contributed by atoms with Gasteiger partial charge in [0.05, 0.1) is 5.41 Å². The molecule has 2 rings (SSSR count). The molecule has 120 valence electrons. The molecule has 1 aliphatic heterocycles. The second-order valence-corrected chi connectivity index (χ2v) is 7.02. The summed E-state index contributed by atoms with van der Waals surface area (Å²) < 4.78 is 0. The molecule has 21 heavy (non-hydrogen) atoms. The molecule has 2 amide bonds. The Morgan fingerprint density at radius 1 is 1.29 bits per heavy atom. The number of likely N-dealkylation sites (tertiary alicyclic amines) is 1. The van der Waals surface area contributed by atoms with Crippen molar-refractivity contribution < 1.29 is 9.59 Å². The molecular weight excluding hydrogens is 266 g/mol. The highest BCUT2D eigenvalue weighted by Crippen LogP contribution is 2.32. The predicted molar refractivity (Wildman–Crippen MR) is 82.5 cm³/mol. The number of amides is 2. The van der Waals surface area contributed by atoms with Crippen molar-refractivity contribution in [1.29, 1.82) is 0 Å². The van der Waals surface area contributed by atoms with Crippen LogP contribution in [0.25, 0.3) is 0 Å². The normalized spacial score (nSPS) is 33.0. The van der Waals surface area contributed by atoms with Gasteiger partial charge in [-0.25, -0.2) is 0 Å². The lowest BCUT2D eigenvalue weighted by Crippen LogP contribution is -2.40. The van der Waals surface area contributed by atoms with Crippen LogP contribution in [0.15, 0.2) is 0 Å². The van der Waals surface area contributed by atoms with E-state index in [1.807, 2.05) is 11.8 Å². The molecule has 3 N–H and O–H groups in total. The van der Waals surface area contributed by atoms with E-state index in [1.165, 1.54) is 0 Å². The summed E-state index contributed by atoms with van der Waals surface area (Å²) in [4.78, 5) is 26.1. The van der Waals surface area contributed by atoms with Crippen molar-refractivity contribution >= 4 is 11.8 Å². The van der Waals surface area contributed by atoms with Crippen molar-refractivity contribution in [3.63, 3.8) is 0 Å². The van der Waals surface area contributed by atoms with Crippen LogP contribution in [0, 0.1) is 11.3 Å². The van der Waals surface area contributed by atoms with Crippen molar-refractivity contribution in [3.8, 4) is 0 Å². The molecule has 0 bridgehead atoms. The van der Waals surface area contributed by atoms with E-state index >= 15 is 0 Å². The van der Waals surface area contributed by atoms with Gasteiger partial charge in [-0.2, -0.15) is 0 Å². The number of rotatable bonds is 4. The fraction of sp³-hybridized carbons (Fsp3) is 0.875. The average molecular weight is 295 g/mol. The van der Waals surface area contributed by atoms with Crippen LogP contribution in [-0.2, 0) is 9.59 Å². The molecule has 1 unspecified atom stereocenters. The third-order valence-corrected chi connectivity index (χ3v) is 5.26. The third-order valence-electron chi connectivity index (χ3n) is 5.26. The Hall–Kier alpha value is -1.10. The van der Waals surface area contributed by atoms with Gasteiger partial charge in [-0.05, 0) is 51.4 Å². The summed E-state index contributed by atoms with van der Waals surface area (Å²) in [6.45, 7) is 3.21. The molecule has 1 saturated heterocycles. The molecule has 0 radical (unpaired) electrons. The molecule has 0 aromatic carbocycles. The van der Waals surface area contributed by atoms with E-state index in [0.29, 0.717) is 31.5 Å². The molecule has 1 heterocycles. The Morgan fingerprint density at radius 2 is 1.95 bits per heavy atom. The summed E-state index contributed by atoms with van der Waals surface area (Å²) in [5.41, 5.74) is 5.50. The summed E-state index contributed by atoms with van der Waals surface area (Å²) in [7, 11) is 1.66. The van der Waals surface area contributed by atoms with Gasteiger partial charge in [-0.15, -0.1) is 0 Å². The first-order valence-corrected chi connectivity index (χ1v) is 8.20. The van der Waals surface area contributed by atoms with Gasteiger partial charge in [0, 0.05) is 32.6 Å². The third kappa shape index (κ3) is 3.96. The first kappa shape index (κ1) is 16.3. The number of nitrogens with one attached hydrogen (secondary N) is 1. The monoisotopic (exact) mass is 295 g/mol. The number of nitrogens with two attached hydrogens (primary N) is 1. The zero-order chi connectivity index (χ0) is 15.5. The molecule has 2 fully saturated rings. The second kappa shape index (κ2) is 6.77. The minimum atomic E-state index is -0.415. The largest absolute Gasteiger partial charge is 0.359 e. The highest BCUT2D eigenvalue weighted by molar-refractivity contribution is 5.84. The van der Waals surface area contributed by atoms with Crippen LogP contribution in [0.3, 0.4) is 0 Å². The Labute approximate surface area is 127 Å². The molecule has 2 aliphatic rings.